The van der Waals surface area contributed by atoms with Crippen molar-refractivity contribution in [1.82, 2.24) is 14.6 Å². The van der Waals surface area contributed by atoms with Gasteiger partial charge in [-0.3, -0.25) is 0 Å². The van der Waals surface area contributed by atoms with Crippen LogP contribution in [0.1, 0.15) is 19.5 Å². The smallest absolute Gasteiger partial charge is 0.238 e. The number of methoxy groups -OCH3 is 1. The van der Waals surface area contributed by atoms with Crippen LogP contribution in [0.25, 0.3) is 5.65 Å². The van der Waals surface area contributed by atoms with Crippen LogP contribution in [0, 0.1) is 6.92 Å². The Morgan fingerprint density at radius 2 is 2.07 bits per heavy atom. The number of hydrogen-bond donors (Lipinski definition) is 0. The first kappa shape index (κ1) is 10.5. The monoisotopic (exact) mass is 193 g/mol. The van der Waals surface area contributed by atoms with Gasteiger partial charge >= 0.3 is 0 Å². The van der Waals surface area contributed by atoms with Gasteiger partial charge in [-0.15, -0.1) is 0 Å². The minimum Gasteiger partial charge on any atom is -0.480 e. The van der Waals surface area contributed by atoms with Crippen LogP contribution in [0.5, 0.6) is 5.88 Å². The third kappa shape index (κ3) is 1.69. The molecule has 0 radical (unpaired) electrons. The molecule has 2 aromatic rings. The number of ether oxygens (including phenoxy) is 1. The summed E-state index contributed by atoms with van der Waals surface area (Å²) in [6.07, 6.45) is 1.70. The van der Waals surface area contributed by atoms with Gasteiger partial charge in [-0.05, 0) is 19.1 Å². The zero-order valence-corrected chi connectivity index (χ0v) is 8.98. The molecule has 0 amide bonds. The summed E-state index contributed by atoms with van der Waals surface area (Å²) in [7, 11) is 1.62. The molecule has 0 bridgehead atoms. The van der Waals surface area contributed by atoms with Crippen molar-refractivity contribution in [2.24, 2.45) is 0 Å². The molecule has 0 N–H and O–H groups in total. The summed E-state index contributed by atoms with van der Waals surface area (Å²) in [5.41, 5.74) is 1.67. The van der Waals surface area contributed by atoms with Crippen molar-refractivity contribution in [3.05, 3.63) is 24.0 Å². The molecular weight excluding hydrogens is 178 g/mol. The highest BCUT2D eigenvalue weighted by Crippen LogP contribution is 2.16. The Morgan fingerprint density at radius 1 is 1.36 bits per heavy atom. The second-order valence-electron chi connectivity index (χ2n) is 2.50. The van der Waals surface area contributed by atoms with E-state index >= 15 is 0 Å². The van der Waals surface area contributed by atoms with Crippen LogP contribution in [0.2, 0.25) is 0 Å². The number of fused-ring (bicyclic) bond motifs is 1. The van der Waals surface area contributed by atoms with Gasteiger partial charge in [-0.1, -0.05) is 13.8 Å². The predicted octanol–water partition coefficient (Wildman–Crippen LogP) is 2.07. The van der Waals surface area contributed by atoms with Gasteiger partial charge in [0.05, 0.1) is 7.11 Å². The maximum absolute atomic E-state index is 5.14. The molecule has 14 heavy (non-hydrogen) atoms. The van der Waals surface area contributed by atoms with E-state index < -0.39 is 0 Å². The molecule has 2 aromatic heterocycles. The predicted molar refractivity (Wildman–Crippen MR) is 55.6 cm³/mol. The molecule has 4 heteroatoms. The molecule has 2 heterocycles. The maximum atomic E-state index is 5.14. The van der Waals surface area contributed by atoms with E-state index in [4.69, 9.17) is 4.74 Å². The fourth-order valence-corrected chi connectivity index (χ4v) is 1.21. The molecule has 0 spiro atoms. The molecule has 0 aliphatic rings. The van der Waals surface area contributed by atoms with Crippen LogP contribution >= 0.6 is 0 Å². The lowest BCUT2D eigenvalue weighted by molar-refractivity contribution is 0.384. The van der Waals surface area contributed by atoms with Crippen LogP contribution in [0.3, 0.4) is 0 Å². The molecule has 0 aromatic carbocycles. The van der Waals surface area contributed by atoms with Crippen molar-refractivity contribution >= 4 is 5.65 Å². The third-order valence-corrected chi connectivity index (χ3v) is 1.71. The maximum Gasteiger partial charge on any atom is 0.238 e. The highest BCUT2D eigenvalue weighted by atomic mass is 16.5. The van der Waals surface area contributed by atoms with E-state index in [1.165, 1.54) is 0 Å². The third-order valence-electron chi connectivity index (χ3n) is 1.71. The van der Waals surface area contributed by atoms with Crippen molar-refractivity contribution < 1.29 is 4.74 Å². The topological polar surface area (TPSA) is 39.4 Å². The molecule has 76 valence electrons. The Morgan fingerprint density at radius 3 is 2.71 bits per heavy atom. The summed E-state index contributed by atoms with van der Waals surface area (Å²) < 4.78 is 6.81. The number of imidazole rings is 1. The molecule has 0 aliphatic heterocycles. The summed E-state index contributed by atoms with van der Waals surface area (Å²) in [6, 6.07) is 3.74. The van der Waals surface area contributed by atoms with E-state index in [1.807, 2.05) is 32.9 Å². The van der Waals surface area contributed by atoms with Gasteiger partial charge in [0.25, 0.3) is 0 Å². The van der Waals surface area contributed by atoms with Crippen molar-refractivity contribution in [2.75, 3.05) is 7.11 Å². The van der Waals surface area contributed by atoms with E-state index in [9.17, 15) is 0 Å². The first-order valence-electron chi connectivity index (χ1n) is 4.67. The standard InChI is InChI=1S/C8H9N3O.C2H6/c1-6-8(12-2)11-7(10-6)4-3-5-9-11;1-2/h3-5H,1-2H3;1-2H3. The molecule has 0 saturated carbocycles. The molecule has 2 rings (SSSR count). The first-order valence-corrected chi connectivity index (χ1v) is 4.67. The first-order chi connectivity index (χ1) is 6.83. The average molecular weight is 193 g/mol. The highest BCUT2D eigenvalue weighted by molar-refractivity contribution is 5.43. The number of nitrogens with zero attached hydrogens (tertiary/aromatic N) is 3. The fraction of sp³-hybridized carbons (Fsp3) is 0.400. The molecule has 4 nitrogen and oxygen atoms in total. The lowest BCUT2D eigenvalue weighted by atomic mass is 10.5. The average Bonchev–Trinajstić information content (AvgIpc) is 2.56. The lowest BCUT2D eigenvalue weighted by Crippen LogP contribution is -1.94. The Bertz CT molecular complexity index is 409. The largest absolute Gasteiger partial charge is 0.480 e. The fourth-order valence-electron chi connectivity index (χ4n) is 1.21. The number of rotatable bonds is 1. The van der Waals surface area contributed by atoms with Gasteiger partial charge in [0.1, 0.15) is 5.69 Å². The van der Waals surface area contributed by atoms with Crippen molar-refractivity contribution in [2.45, 2.75) is 20.8 Å². The minimum atomic E-state index is 0.700. The zero-order valence-electron chi connectivity index (χ0n) is 8.98. The zero-order chi connectivity index (χ0) is 10.6. The Kier molecular flexibility index (Phi) is 3.45. The van der Waals surface area contributed by atoms with Gasteiger partial charge in [0, 0.05) is 6.20 Å². The number of hydrogen-bond acceptors (Lipinski definition) is 3. The van der Waals surface area contributed by atoms with E-state index in [2.05, 4.69) is 10.1 Å². The summed E-state index contributed by atoms with van der Waals surface area (Å²) in [6.45, 7) is 5.90. The SMILES string of the molecule is CC.COc1c(C)nc2cccnn12. The van der Waals surface area contributed by atoms with E-state index in [0.717, 1.165) is 11.3 Å². The minimum absolute atomic E-state index is 0.700. The molecule has 0 saturated heterocycles. The molecule has 0 atom stereocenters. The second-order valence-corrected chi connectivity index (χ2v) is 2.50. The Labute approximate surface area is 83.5 Å². The number of aromatic nitrogens is 3. The molecule has 0 unspecified atom stereocenters. The van der Waals surface area contributed by atoms with Crippen molar-refractivity contribution in [3.63, 3.8) is 0 Å². The normalized spacial score (nSPS) is 9.43. The van der Waals surface area contributed by atoms with Crippen LogP contribution in [0.4, 0.5) is 0 Å². The van der Waals surface area contributed by atoms with Crippen molar-refractivity contribution in [1.29, 1.82) is 0 Å². The van der Waals surface area contributed by atoms with Gasteiger partial charge in [0.15, 0.2) is 5.65 Å². The van der Waals surface area contributed by atoms with E-state index in [1.54, 1.807) is 17.8 Å². The number of aryl methyl sites for hydroxylation is 1. The van der Waals surface area contributed by atoms with Crippen LogP contribution in [-0.4, -0.2) is 21.7 Å². The van der Waals surface area contributed by atoms with Gasteiger partial charge in [0.2, 0.25) is 5.88 Å². The second kappa shape index (κ2) is 4.60. The highest BCUT2D eigenvalue weighted by Gasteiger charge is 2.07. The van der Waals surface area contributed by atoms with Crippen LogP contribution in [-0.2, 0) is 0 Å². The molecular formula is C10H15N3O. The van der Waals surface area contributed by atoms with Crippen LogP contribution in [0.15, 0.2) is 18.3 Å². The Hall–Kier alpha value is -1.58. The van der Waals surface area contributed by atoms with Gasteiger partial charge in [-0.25, -0.2) is 4.98 Å². The Balaban J connectivity index is 0.000000461. The van der Waals surface area contributed by atoms with Gasteiger partial charge < -0.3 is 4.74 Å². The van der Waals surface area contributed by atoms with Gasteiger partial charge in [-0.2, -0.15) is 9.61 Å². The molecule has 0 aliphatic carbocycles. The summed E-state index contributed by atoms with van der Waals surface area (Å²) >= 11 is 0. The lowest BCUT2D eigenvalue weighted by Gasteiger charge is -1.97. The summed E-state index contributed by atoms with van der Waals surface area (Å²) in [5.74, 6) is 0.700. The van der Waals surface area contributed by atoms with E-state index in [0.29, 0.717) is 5.88 Å². The van der Waals surface area contributed by atoms with Crippen molar-refractivity contribution in [3.8, 4) is 5.88 Å². The van der Waals surface area contributed by atoms with E-state index in [-0.39, 0.29) is 0 Å². The molecule has 0 fully saturated rings. The quantitative estimate of drug-likeness (QED) is 0.696. The summed E-state index contributed by atoms with van der Waals surface area (Å²) in [5, 5.41) is 4.10. The van der Waals surface area contributed by atoms with Crippen LogP contribution < -0.4 is 4.74 Å². The summed E-state index contributed by atoms with van der Waals surface area (Å²) in [4.78, 5) is 4.26.